The van der Waals surface area contributed by atoms with Crippen LogP contribution in [0.15, 0.2) is 12.3 Å². The maximum absolute atomic E-state index is 11.2. The summed E-state index contributed by atoms with van der Waals surface area (Å²) in [4.78, 5) is 0. The zero-order valence-electron chi connectivity index (χ0n) is 36.8. The number of rotatable bonds is 3. The first-order chi connectivity index (χ1) is 33.8. The molecule has 13 rings (SSSR count). The fourth-order valence-electron chi connectivity index (χ4n) is 8.39. The molecule has 13 fully saturated rings. The molecule has 35 nitrogen and oxygen atoms in total. The van der Waals surface area contributed by atoms with Crippen LogP contribution in [-0.4, -0.2) is 324 Å². The van der Waals surface area contributed by atoms with Gasteiger partial charge in [0.15, 0.2) is 87.9 Å². The van der Waals surface area contributed by atoms with Crippen LogP contribution < -0.4 is 0 Å². The van der Waals surface area contributed by atoms with Crippen molar-refractivity contribution in [2.75, 3.05) is 19.8 Å². The van der Waals surface area contributed by atoms with Crippen LogP contribution in [0.2, 0.25) is 0 Å². The molecule has 13 aliphatic heterocycles. The van der Waals surface area contributed by atoms with Gasteiger partial charge in [-0.05, 0) is 0 Å². The number of hydrogen-bond acceptors (Lipinski definition) is 35. The van der Waals surface area contributed by atoms with Gasteiger partial charge in [0.1, 0.15) is 122 Å². The predicted octanol–water partition coefficient (Wildman–Crippen LogP) is -14.2. The molecule has 72 heavy (non-hydrogen) atoms. The molecule has 35 heteroatoms. The molecular weight excluding hydrogens is 1000 g/mol. The van der Waals surface area contributed by atoms with Crippen molar-refractivity contribution in [3.63, 3.8) is 0 Å². The summed E-state index contributed by atoms with van der Waals surface area (Å²) in [6, 6.07) is 0. The number of ether oxygens (including phenoxy) is 14. The van der Waals surface area contributed by atoms with Gasteiger partial charge in [-0.15, -0.1) is 0 Å². The second-order valence-corrected chi connectivity index (χ2v) is 17.6. The van der Waals surface area contributed by atoms with Crippen molar-refractivity contribution in [2.45, 2.75) is 197 Å². The number of aliphatic hydroxyl groups excluding tert-OH is 21. The summed E-state index contributed by atoms with van der Waals surface area (Å²) in [6.07, 6.45) is -70.2. The van der Waals surface area contributed by atoms with E-state index in [-0.39, 0.29) is 0 Å². The zero-order chi connectivity index (χ0) is 53.0. The largest absolute Gasteiger partial charge is 0.510 e. The fraction of sp³-hybridized carbons (Fsp3) is 0.946. The summed E-state index contributed by atoms with van der Waals surface area (Å²) in [5, 5.41) is 227. The Morgan fingerprint density at radius 1 is 0.417 bits per heavy atom. The standard InChI is InChI=1S/C37H60O35/c1-5(39)7(41)32-61-6(40)2-59-30-13(47)8(42)20(25(54)67-30)64-34-15(49)10(44)22(27(56)69-34)66-35-16(50)11(45)21(28(57)70-35)65-33-14(48)9(43)19(26(55)68-33)62-31-18(52)24(53)37(3-38,4-60-31)72-36-17(51)12(46)23(63-32)29(58)71-36/h6-36,38-58H,1-4H2/t6?,7?,8-,9?,10-,11?,12?,13?,14?,15?,16?,17?,18?,19?,20?,21?,22?,23?,24?,25?,26?,27?,28?,29?,30?,31?,32?,33?,34?,35?,36?,37?/m1/s1. The Morgan fingerprint density at radius 3 is 1.15 bits per heavy atom. The molecule has 0 aromatic carbocycles. The summed E-state index contributed by atoms with van der Waals surface area (Å²) in [5.74, 6) is -1.11. The maximum Gasteiger partial charge on any atom is 0.194 e. The molecule has 30 unspecified atom stereocenters. The smallest absolute Gasteiger partial charge is 0.194 e. The van der Waals surface area contributed by atoms with Gasteiger partial charge >= 0.3 is 0 Å². The van der Waals surface area contributed by atoms with E-state index in [0.29, 0.717) is 0 Å². The van der Waals surface area contributed by atoms with E-state index in [4.69, 9.17) is 66.3 Å². The van der Waals surface area contributed by atoms with Crippen molar-refractivity contribution < 1.29 is 174 Å². The second kappa shape index (κ2) is 23.4. The molecule has 0 aliphatic carbocycles. The van der Waals surface area contributed by atoms with E-state index in [9.17, 15) is 107 Å². The van der Waals surface area contributed by atoms with E-state index < -0.39 is 223 Å². The van der Waals surface area contributed by atoms with Crippen LogP contribution in [0.25, 0.3) is 0 Å². The third-order valence-corrected chi connectivity index (χ3v) is 12.6. The average molecular weight is 1060 g/mol. The fourth-order valence-corrected chi connectivity index (χ4v) is 8.39. The molecule has 13 heterocycles. The Morgan fingerprint density at radius 2 is 0.750 bits per heavy atom. The van der Waals surface area contributed by atoms with Crippen LogP contribution in [0.1, 0.15) is 0 Å². The summed E-state index contributed by atoms with van der Waals surface area (Å²) in [6.45, 7) is -0.338. The van der Waals surface area contributed by atoms with Crippen LogP contribution in [0, 0.1) is 0 Å². The van der Waals surface area contributed by atoms with Crippen molar-refractivity contribution in [3.05, 3.63) is 12.3 Å². The van der Waals surface area contributed by atoms with Crippen LogP contribution >= 0.6 is 0 Å². The quantitative estimate of drug-likeness (QED) is 0.117. The lowest BCUT2D eigenvalue weighted by Gasteiger charge is -2.50. The number of aliphatic hydroxyl groups is 21. The SMILES string of the molecule is C=C(O)C(O)C1OC(O)COC2OC(O)C(OC3OC(O)C(OC4OC(O)C(OC5OC(O)C(OC6OCC(CO)(OC7OC(O)C(O1)C(O)C7O)C(O)C6O)C(O)C5O)C(O)C4O)[C@H](O)C3O)[C@H](O)C2O. The molecule has 0 aromatic heterocycles. The molecule has 13 saturated heterocycles. The van der Waals surface area contributed by atoms with Gasteiger partial charge in [0.2, 0.25) is 0 Å². The van der Waals surface area contributed by atoms with Gasteiger partial charge in [-0.25, -0.2) is 0 Å². The van der Waals surface area contributed by atoms with Gasteiger partial charge in [0.25, 0.3) is 0 Å². The zero-order valence-corrected chi connectivity index (χ0v) is 36.8. The minimum atomic E-state index is -2.53. The van der Waals surface area contributed by atoms with Gasteiger partial charge in [0, 0.05) is 0 Å². The van der Waals surface area contributed by atoms with Crippen LogP contribution in [-0.2, 0) is 66.3 Å². The Kier molecular flexibility index (Phi) is 18.8. The molecule has 13 aliphatic rings. The first-order valence-electron chi connectivity index (χ1n) is 21.8. The Bertz CT molecular complexity index is 1760. The van der Waals surface area contributed by atoms with Crippen LogP contribution in [0.4, 0.5) is 0 Å². The topological polar surface area (TPSA) is 554 Å². The maximum atomic E-state index is 11.2. The minimum Gasteiger partial charge on any atom is -0.510 e. The lowest BCUT2D eigenvalue weighted by atomic mass is 9.90. The number of hydrogen-bond donors (Lipinski definition) is 21. The highest BCUT2D eigenvalue weighted by Crippen LogP contribution is 2.38. The third-order valence-electron chi connectivity index (χ3n) is 12.6. The van der Waals surface area contributed by atoms with Crippen LogP contribution in [0.5, 0.6) is 0 Å². The highest BCUT2D eigenvalue weighted by Gasteiger charge is 2.59. The van der Waals surface area contributed by atoms with E-state index in [0.717, 1.165) is 0 Å². The van der Waals surface area contributed by atoms with E-state index in [2.05, 4.69) is 6.58 Å². The molecule has 0 aromatic rings. The van der Waals surface area contributed by atoms with Gasteiger partial charge in [-0.2, -0.15) is 0 Å². The Labute approximate surface area is 402 Å². The molecular formula is C37H60O35. The van der Waals surface area contributed by atoms with E-state index in [1.165, 1.54) is 0 Å². The van der Waals surface area contributed by atoms with E-state index >= 15 is 0 Å². The monoisotopic (exact) mass is 1060 g/mol. The predicted molar refractivity (Wildman–Crippen MR) is 206 cm³/mol. The van der Waals surface area contributed by atoms with Gasteiger partial charge in [-0.1, -0.05) is 6.58 Å². The summed E-state index contributed by atoms with van der Waals surface area (Å²) < 4.78 is 73.9. The van der Waals surface area contributed by atoms with Gasteiger partial charge < -0.3 is 174 Å². The molecule has 32 atom stereocenters. The lowest BCUT2D eigenvalue weighted by Crippen LogP contribution is -2.70. The first kappa shape index (κ1) is 57.9. The first-order valence-corrected chi connectivity index (χ1v) is 21.8. The van der Waals surface area contributed by atoms with Crippen molar-refractivity contribution in [1.29, 1.82) is 0 Å². The van der Waals surface area contributed by atoms with Gasteiger partial charge in [-0.3, -0.25) is 0 Å². The number of fused-ring (bicyclic) bond motifs is 6. The second-order valence-electron chi connectivity index (χ2n) is 17.6. The molecule has 0 saturated carbocycles. The van der Waals surface area contributed by atoms with Crippen molar-refractivity contribution in [2.24, 2.45) is 0 Å². The minimum absolute atomic E-state index is 1.02. The average Bonchev–Trinajstić information content (AvgIpc) is 3.33. The van der Waals surface area contributed by atoms with Crippen molar-refractivity contribution in [3.8, 4) is 0 Å². The molecule has 12 bridgehead atoms. The summed E-state index contributed by atoms with van der Waals surface area (Å²) >= 11 is 0. The summed E-state index contributed by atoms with van der Waals surface area (Å²) in [7, 11) is 0. The van der Waals surface area contributed by atoms with Crippen molar-refractivity contribution >= 4 is 0 Å². The van der Waals surface area contributed by atoms with Crippen LogP contribution in [0.3, 0.4) is 0 Å². The molecule has 21 N–H and O–H groups in total. The lowest BCUT2D eigenvalue weighted by molar-refractivity contribution is -0.428. The highest BCUT2D eigenvalue weighted by atomic mass is 16.8. The van der Waals surface area contributed by atoms with E-state index in [1.807, 2.05) is 0 Å². The summed E-state index contributed by atoms with van der Waals surface area (Å²) in [5.41, 5.74) is -2.53. The van der Waals surface area contributed by atoms with Gasteiger partial charge in [0.05, 0.1) is 13.2 Å². The van der Waals surface area contributed by atoms with E-state index in [1.54, 1.807) is 0 Å². The normalized spacial score (nSPS) is 55.1. The molecule has 0 amide bonds. The highest BCUT2D eigenvalue weighted by molar-refractivity contribution is 5.01. The molecule has 0 radical (unpaired) electrons. The van der Waals surface area contributed by atoms with Crippen molar-refractivity contribution in [1.82, 2.24) is 0 Å². The third kappa shape index (κ3) is 11.6. The Balaban J connectivity index is 1.12. The molecule has 0 spiro atoms. The molecule has 418 valence electrons. The Hall–Kier alpha value is -1.82.